The minimum atomic E-state index is -3.88. The number of primary sulfonamides is 1. The Morgan fingerprint density at radius 2 is 1.58 bits per heavy atom. The first-order valence-electron chi connectivity index (χ1n) is 11.0. The molecular formula is C27H22ClN3O4S. The van der Waals surface area contributed by atoms with Crippen LogP contribution in [0.5, 0.6) is 0 Å². The summed E-state index contributed by atoms with van der Waals surface area (Å²) in [6.07, 6.45) is 0. The number of aromatic nitrogens is 1. The van der Waals surface area contributed by atoms with Crippen molar-refractivity contribution in [3.05, 3.63) is 94.6 Å². The fourth-order valence-electron chi connectivity index (χ4n) is 4.12. The summed E-state index contributed by atoms with van der Waals surface area (Å²) in [4.78, 5) is 13.2. The van der Waals surface area contributed by atoms with Crippen molar-refractivity contribution in [3.8, 4) is 34.1 Å². The Morgan fingerprint density at radius 1 is 1.00 bits per heavy atom. The Hall–Kier alpha value is -3.90. The zero-order valence-electron chi connectivity index (χ0n) is 19.5. The monoisotopic (exact) mass is 519 g/mol. The Morgan fingerprint density at radius 3 is 2.11 bits per heavy atom. The van der Waals surface area contributed by atoms with Crippen molar-refractivity contribution in [2.75, 3.05) is 6.61 Å². The molecule has 182 valence electrons. The number of hydrogen-bond donors (Lipinski definition) is 1. The lowest BCUT2D eigenvalue weighted by Crippen LogP contribution is -2.12. The number of nitrogens with zero attached hydrogens (tertiary/aromatic N) is 2. The van der Waals surface area contributed by atoms with E-state index in [9.17, 15) is 18.5 Å². The van der Waals surface area contributed by atoms with Gasteiger partial charge in [0.05, 0.1) is 34.4 Å². The highest BCUT2D eigenvalue weighted by atomic mass is 35.5. The van der Waals surface area contributed by atoms with Gasteiger partial charge in [0.15, 0.2) is 0 Å². The molecule has 2 N–H and O–H groups in total. The predicted molar refractivity (Wildman–Crippen MR) is 138 cm³/mol. The number of nitrogens with two attached hydrogens (primary N) is 1. The number of halogens is 1. The van der Waals surface area contributed by atoms with Crippen molar-refractivity contribution in [1.29, 1.82) is 5.26 Å². The first-order chi connectivity index (χ1) is 17.2. The van der Waals surface area contributed by atoms with E-state index in [1.54, 1.807) is 62.4 Å². The third kappa shape index (κ3) is 4.77. The number of carbonyl (C=O) groups excluding carboxylic acids is 1. The van der Waals surface area contributed by atoms with Gasteiger partial charge < -0.3 is 9.30 Å². The second-order valence-corrected chi connectivity index (χ2v) is 9.97. The van der Waals surface area contributed by atoms with Gasteiger partial charge in [-0.3, -0.25) is 0 Å². The first kappa shape index (κ1) is 25.2. The lowest BCUT2D eigenvalue weighted by molar-refractivity contribution is 0.0526. The van der Waals surface area contributed by atoms with Crippen molar-refractivity contribution in [3.63, 3.8) is 0 Å². The molecule has 0 radical (unpaired) electrons. The zero-order chi connectivity index (χ0) is 26.0. The SMILES string of the molecule is CCOC(=O)c1c(-c2ccc(C#N)cc2)c(-c2ccc(Cl)cc2)n(-c2ccc(S(N)(=O)=O)cc2)c1C. The van der Waals surface area contributed by atoms with Crippen molar-refractivity contribution in [2.45, 2.75) is 18.7 Å². The van der Waals surface area contributed by atoms with Crippen molar-refractivity contribution in [1.82, 2.24) is 4.57 Å². The molecule has 1 heterocycles. The van der Waals surface area contributed by atoms with Crippen molar-refractivity contribution >= 4 is 27.6 Å². The lowest BCUT2D eigenvalue weighted by atomic mass is 9.96. The topological polar surface area (TPSA) is 115 Å². The van der Waals surface area contributed by atoms with Crippen LogP contribution in [-0.4, -0.2) is 25.6 Å². The summed E-state index contributed by atoms with van der Waals surface area (Å²) in [5.41, 5.74) is 4.85. The molecule has 0 spiro atoms. The second kappa shape index (κ2) is 9.99. The highest BCUT2D eigenvalue weighted by Crippen LogP contribution is 2.42. The van der Waals surface area contributed by atoms with E-state index in [-0.39, 0.29) is 11.5 Å². The molecule has 0 aliphatic heterocycles. The van der Waals surface area contributed by atoms with E-state index in [1.165, 1.54) is 12.1 Å². The molecule has 36 heavy (non-hydrogen) atoms. The third-order valence-corrected chi connectivity index (χ3v) is 6.91. The van der Waals surface area contributed by atoms with Gasteiger partial charge >= 0.3 is 5.97 Å². The molecule has 0 atom stereocenters. The van der Waals surface area contributed by atoms with Crippen LogP contribution in [0.3, 0.4) is 0 Å². The molecule has 7 nitrogen and oxygen atoms in total. The molecule has 0 unspecified atom stereocenters. The maximum Gasteiger partial charge on any atom is 0.340 e. The van der Waals surface area contributed by atoms with Crippen LogP contribution in [0, 0.1) is 18.3 Å². The maximum absolute atomic E-state index is 13.2. The number of rotatable bonds is 6. The summed E-state index contributed by atoms with van der Waals surface area (Å²) >= 11 is 6.15. The van der Waals surface area contributed by atoms with Gasteiger partial charge in [0.1, 0.15) is 0 Å². The van der Waals surface area contributed by atoms with Gasteiger partial charge in [-0.2, -0.15) is 5.26 Å². The molecule has 3 aromatic carbocycles. The summed E-state index contributed by atoms with van der Waals surface area (Å²) < 4.78 is 30.9. The Balaban J connectivity index is 2.10. The number of sulfonamides is 1. The van der Waals surface area contributed by atoms with E-state index >= 15 is 0 Å². The molecular weight excluding hydrogens is 498 g/mol. The molecule has 0 bridgehead atoms. The number of carbonyl (C=O) groups is 1. The quantitative estimate of drug-likeness (QED) is 0.339. The van der Waals surface area contributed by atoms with Crippen LogP contribution in [0.2, 0.25) is 5.02 Å². The minimum Gasteiger partial charge on any atom is -0.462 e. The number of hydrogen-bond acceptors (Lipinski definition) is 5. The average Bonchev–Trinajstić information content (AvgIpc) is 3.17. The van der Waals surface area contributed by atoms with Gasteiger partial charge in [-0.15, -0.1) is 0 Å². The van der Waals surface area contributed by atoms with Crippen LogP contribution in [-0.2, 0) is 14.8 Å². The number of ether oxygens (including phenoxy) is 1. The van der Waals surface area contributed by atoms with Crippen LogP contribution in [0.4, 0.5) is 0 Å². The molecule has 1 aromatic heterocycles. The molecule has 0 fully saturated rings. The van der Waals surface area contributed by atoms with Gasteiger partial charge in [0.25, 0.3) is 0 Å². The van der Waals surface area contributed by atoms with Crippen molar-refractivity contribution in [2.24, 2.45) is 5.14 Å². The Kier molecular flexibility index (Phi) is 7.00. The van der Waals surface area contributed by atoms with Crippen LogP contribution in [0.25, 0.3) is 28.1 Å². The fraction of sp³-hybridized carbons (Fsp3) is 0.111. The van der Waals surface area contributed by atoms with E-state index in [0.717, 1.165) is 5.56 Å². The van der Waals surface area contributed by atoms with Crippen molar-refractivity contribution < 1.29 is 17.9 Å². The standard InChI is InChI=1S/C27H22ClN3O4S/c1-3-35-27(32)24-17(2)31(22-12-14-23(15-13-22)36(30,33)34)26(20-8-10-21(28)11-9-20)25(24)19-6-4-18(16-29)5-7-19/h4-15H,3H2,1-2H3,(H2,30,33,34). The molecule has 4 rings (SSSR count). The summed E-state index contributed by atoms with van der Waals surface area (Å²) in [5, 5.41) is 15.1. The van der Waals surface area contributed by atoms with Crippen LogP contribution < -0.4 is 5.14 Å². The fourth-order valence-corrected chi connectivity index (χ4v) is 4.77. The molecule has 4 aromatic rings. The van der Waals surface area contributed by atoms with Gasteiger partial charge in [-0.25, -0.2) is 18.4 Å². The number of benzene rings is 3. The normalized spacial score (nSPS) is 11.2. The lowest BCUT2D eigenvalue weighted by Gasteiger charge is -2.14. The van der Waals surface area contributed by atoms with E-state index in [1.807, 2.05) is 16.7 Å². The average molecular weight is 520 g/mol. The van der Waals surface area contributed by atoms with Crippen LogP contribution >= 0.6 is 11.6 Å². The van der Waals surface area contributed by atoms with E-state index in [0.29, 0.717) is 44.4 Å². The van der Waals surface area contributed by atoms with Crippen LogP contribution in [0.15, 0.2) is 77.7 Å². The predicted octanol–water partition coefficient (Wildman–Crippen LogP) is 5.47. The minimum absolute atomic E-state index is 0.0259. The smallest absolute Gasteiger partial charge is 0.340 e. The molecule has 0 aliphatic rings. The molecule has 0 aliphatic carbocycles. The maximum atomic E-state index is 13.2. The van der Waals surface area contributed by atoms with Gasteiger partial charge in [0, 0.05) is 22.0 Å². The van der Waals surface area contributed by atoms with Gasteiger partial charge in [0.2, 0.25) is 10.0 Å². The van der Waals surface area contributed by atoms with E-state index in [4.69, 9.17) is 21.5 Å². The molecule has 0 saturated heterocycles. The summed E-state index contributed by atoms with van der Waals surface area (Å²) in [5.74, 6) is -0.496. The van der Waals surface area contributed by atoms with Gasteiger partial charge in [-0.05, 0) is 73.5 Å². The van der Waals surface area contributed by atoms with E-state index in [2.05, 4.69) is 6.07 Å². The number of esters is 1. The van der Waals surface area contributed by atoms with Crippen LogP contribution in [0.1, 0.15) is 28.5 Å². The third-order valence-electron chi connectivity index (χ3n) is 5.73. The Bertz CT molecular complexity index is 1580. The summed E-state index contributed by atoms with van der Waals surface area (Å²) in [6, 6.07) is 22.3. The van der Waals surface area contributed by atoms with E-state index < -0.39 is 16.0 Å². The first-order valence-corrected chi connectivity index (χ1v) is 12.9. The largest absolute Gasteiger partial charge is 0.462 e. The molecule has 0 saturated carbocycles. The molecule has 9 heteroatoms. The van der Waals surface area contributed by atoms with Gasteiger partial charge in [-0.1, -0.05) is 35.9 Å². The second-order valence-electron chi connectivity index (χ2n) is 7.97. The summed E-state index contributed by atoms with van der Waals surface area (Å²) in [7, 11) is -3.88. The zero-order valence-corrected chi connectivity index (χ0v) is 21.1. The Labute approximate surface area is 214 Å². The molecule has 0 amide bonds. The summed E-state index contributed by atoms with van der Waals surface area (Å²) in [6.45, 7) is 3.72. The number of nitriles is 1. The highest BCUT2D eigenvalue weighted by molar-refractivity contribution is 7.89. The highest BCUT2D eigenvalue weighted by Gasteiger charge is 2.29.